The van der Waals surface area contributed by atoms with Gasteiger partial charge in [-0.1, -0.05) is 19.1 Å². The van der Waals surface area contributed by atoms with E-state index >= 15 is 0 Å². The number of thiazole rings is 1. The van der Waals surface area contributed by atoms with Gasteiger partial charge in [-0.15, -0.1) is 11.3 Å². The summed E-state index contributed by atoms with van der Waals surface area (Å²) in [7, 11) is 0. The maximum absolute atomic E-state index is 12.6. The zero-order valence-electron chi connectivity index (χ0n) is 13.9. The summed E-state index contributed by atoms with van der Waals surface area (Å²) in [5.41, 5.74) is -0.394. The monoisotopic (exact) mass is 386 g/mol. The van der Waals surface area contributed by atoms with Crippen LogP contribution in [0.1, 0.15) is 39.2 Å². The number of halogens is 3. The standard InChI is InChI=1S/C17H17F3N2O3S/c1-2-3-14-21-8-13(26-14)16(25)22(10-15(23)24)9-11-4-6-12(7-5-11)17(18,19)20/h4-8H,2-3,9-10H2,1H3,(H,23,24). The van der Waals surface area contributed by atoms with Crippen LogP contribution in [0.3, 0.4) is 0 Å². The van der Waals surface area contributed by atoms with Gasteiger partial charge < -0.3 is 10.0 Å². The highest BCUT2D eigenvalue weighted by atomic mass is 32.1. The molecule has 0 aliphatic carbocycles. The molecular weight excluding hydrogens is 369 g/mol. The summed E-state index contributed by atoms with van der Waals surface area (Å²) in [5, 5.41) is 9.82. The van der Waals surface area contributed by atoms with Gasteiger partial charge in [0.15, 0.2) is 0 Å². The average Bonchev–Trinajstić information content (AvgIpc) is 3.02. The van der Waals surface area contributed by atoms with E-state index in [0.717, 1.165) is 34.9 Å². The number of amides is 1. The van der Waals surface area contributed by atoms with Crippen LogP contribution in [0.15, 0.2) is 30.5 Å². The molecule has 0 radical (unpaired) electrons. The molecule has 0 aliphatic rings. The molecule has 0 unspecified atom stereocenters. The number of carboxylic acids is 1. The van der Waals surface area contributed by atoms with Crippen molar-refractivity contribution in [1.29, 1.82) is 0 Å². The second-order valence-corrected chi connectivity index (χ2v) is 6.73. The molecule has 2 aromatic rings. The Hall–Kier alpha value is -2.42. The number of benzene rings is 1. The fraction of sp³-hybridized carbons (Fsp3) is 0.353. The van der Waals surface area contributed by atoms with Gasteiger partial charge in [-0.2, -0.15) is 13.2 Å². The minimum atomic E-state index is -4.45. The van der Waals surface area contributed by atoms with E-state index in [4.69, 9.17) is 5.11 Å². The lowest BCUT2D eigenvalue weighted by molar-refractivity contribution is -0.138. The molecule has 1 aromatic heterocycles. The summed E-state index contributed by atoms with van der Waals surface area (Å²) in [5.74, 6) is -1.71. The summed E-state index contributed by atoms with van der Waals surface area (Å²) in [6, 6.07) is 4.29. The summed E-state index contributed by atoms with van der Waals surface area (Å²) in [6.07, 6.45) is -1.46. The van der Waals surface area contributed by atoms with E-state index in [1.807, 2.05) is 6.92 Å². The molecule has 2 rings (SSSR count). The molecule has 0 saturated carbocycles. The number of nitrogens with zero attached hydrogens (tertiary/aromatic N) is 2. The molecule has 1 aromatic carbocycles. The van der Waals surface area contributed by atoms with Crippen molar-refractivity contribution in [3.8, 4) is 0 Å². The van der Waals surface area contributed by atoms with Gasteiger partial charge in [0.05, 0.1) is 16.8 Å². The minimum Gasteiger partial charge on any atom is -0.480 e. The highest BCUT2D eigenvalue weighted by Crippen LogP contribution is 2.29. The Kier molecular flexibility index (Phi) is 6.36. The zero-order valence-corrected chi connectivity index (χ0v) is 14.7. The Balaban J connectivity index is 2.18. The Labute approximate surface area is 152 Å². The lowest BCUT2D eigenvalue weighted by Crippen LogP contribution is -2.34. The smallest absolute Gasteiger partial charge is 0.416 e. The van der Waals surface area contributed by atoms with Gasteiger partial charge in [0, 0.05) is 6.54 Å². The van der Waals surface area contributed by atoms with Gasteiger partial charge in [0.2, 0.25) is 0 Å². The second kappa shape index (κ2) is 8.31. The van der Waals surface area contributed by atoms with Gasteiger partial charge in [0.25, 0.3) is 5.91 Å². The van der Waals surface area contributed by atoms with Gasteiger partial charge in [-0.05, 0) is 30.5 Å². The largest absolute Gasteiger partial charge is 0.480 e. The first kappa shape index (κ1) is 19.9. The molecule has 0 atom stereocenters. The maximum atomic E-state index is 12.6. The third-order valence-electron chi connectivity index (χ3n) is 3.50. The minimum absolute atomic E-state index is 0.107. The molecule has 1 N–H and O–H groups in total. The molecule has 140 valence electrons. The molecule has 5 nitrogen and oxygen atoms in total. The van der Waals surface area contributed by atoms with E-state index in [9.17, 15) is 22.8 Å². The van der Waals surface area contributed by atoms with E-state index in [2.05, 4.69) is 4.98 Å². The Morgan fingerprint density at radius 3 is 2.42 bits per heavy atom. The SMILES string of the molecule is CCCc1ncc(C(=O)N(CC(=O)O)Cc2ccc(C(F)(F)F)cc2)s1. The van der Waals surface area contributed by atoms with Crippen LogP contribution in [-0.2, 0) is 23.9 Å². The lowest BCUT2D eigenvalue weighted by atomic mass is 10.1. The molecule has 0 aliphatic heterocycles. The molecule has 0 spiro atoms. The molecule has 0 bridgehead atoms. The molecule has 1 amide bonds. The zero-order chi connectivity index (χ0) is 19.3. The first-order chi connectivity index (χ1) is 12.2. The fourth-order valence-corrected chi connectivity index (χ4v) is 3.26. The van der Waals surface area contributed by atoms with E-state index < -0.39 is 30.2 Å². The summed E-state index contributed by atoms with van der Waals surface area (Å²) >= 11 is 1.19. The Morgan fingerprint density at radius 2 is 1.88 bits per heavy atom. The normalized spacial score (nSPS) is 11.4. The van der Waals surface area contributed by atoms with Crippen molar-refractivity contribution >= 4 is 23.2 Å². The molecule has 0 saturated heterocycles. The first-order valence-corrected chi connectivity index (χ1v) is 8.64. The Morgan fingerprint density at radius 1 is 1.23 bits per heavy atom. The molecule has 0 fully saturated rings. The number of aromatic nitrogens is 1. The fourth-order valence-electron chi connectivity index (χ4n) is 2.28. The number of aryl methyl sites for hydroxylation is 1. The first-order valence-electron chi connectivity index (χ1n) is 7.82. The number of alkyl halides is 3. The van der Waals surface area contributed by atoms with Crippen molar-refractivity contribution in [2.75, 3.05) is 6.54 Å². The topological polar surface area (TPSA) is 70.5 Å². The van der Waals surface area contributed by atoms with Crippen molar-refractivity contribution in [3.05, 3.63) is 51.5 Å². The predicted octanol–water partition coefficient (Wildman–Crippen LogP) is 3.84. The van der Waals surface area contributed by atoms with Crippen molar-refractivity contribution in [3.63, 3.8) is 0 Å². The molecular formula is C17H17F3N2O3S. The van der Waals surface area contributed by atoms with Crippen LogP contribution in [0.2, 0.25) is 0 Å². The summed E-state index contributed by atoms with van der Waals surface area (Å²) in [4.78, 5) is 29.2. The van der Waals surface area contributed by atoms with Crippen LogP contribution in [-0.4, -0.2) is 33.4 Å². The van der Waals surface area contributed by atoms with Gasteiger partial charge >= 0.3 is 12.1 Å². The van der Waals surface area contributed by atoms with Crippen LogP contribution in [0, 0.1) is 0 Å². The Bertz CT molecular complexity index is 772. The number of rotatable bonds is 7. The number of hydrogen-bond donors (Lipinski definition) is 1. The number of carbonyl (C=O) groups is 2. The number of hydrogen-bond acceptors (Lipinski definition) is 4. The van der Waals surface area contributed by atoms with E-state index in [1.54, 1.807) is 0 Å². The van der Waals surface area contributed by atoms with Crippen molar-refractivity contribution in [2.24, 2.45) is 0 Å². The maximum Gasteiger partial charge on any atom is 0.416 e. The lowest BCUT2D eigenvalue weighted by Gasteiger charge is -2.20. The molecule has 26 heavy (non-hydrogen) atoms. The highest BCUT2D eigenvalue weighted by Gasteiger charge is 2.30. The van der Waals surface area contributed by atoms with E-state index in [0.29, 0.717) is 10.4 Å². The van der Waals surface area contributed by atoms with Crippen LogP contribution < -0.4 is 0 Å². The van der Waals surface area contributed by atoms with Crippen molar-refractivity contribution < 1.29 is 27.9 Å². The third kappa shape index (κ3) is 5.29. The van der Waals surface area contributed by atoms with Gasteiger partial charge in [0.1, 0.15) is 11.4 Å². The summed E-state index contributed by atoms with van der Waals surface area (Å²) in [6.45, 7) is 1.31. The average molecular weight is 386 g/mol. The predicted molar refractivity (Wildman–Crippen MR) is 89.9 cm³/mol. The summed E-state index contributed by atoms with van der Waals surface area (Å²) < 4.78 is 37.9. The number of carboxylic acid groups (broad SMARTS) is 1. The van der Waals surface area contributed by atoms with Crippen molar-refractivity contribution in [1.82, 2.24) is 9.88 Å². The second-order valence-electron chi connectivity index (χ2n) is 5.62. The van der Waals surface area contributed by atoms with Gasteiger partial charge in [-0.3, -0.25) is 9.59 Å². The quantitative estimate of drug-likeness (QED) is 0.785. The number of carbonyl (C=O) groups excluding carboxylic acids is 1. The molecule has 1 heterocycles. The van der Waals surface area contributed by atoms with Crippen LogP contribution in [0.4, 0.5) is 13.2 Å². The van der Waals surface area contributed by atoms with Gasteiger partial charge in [-0.25, -0.2) is 4.98 Å². The molecule has 9 heteroatoms. The van der Waals surface area contributed by atoms with E-state index in [-0.39, 0.29) is 6.54 Å². The highest BCUT2D eigenvalue weighted by molar-refractivity contribution is 7.13. The number of aliphatic carboxylic acids is 1. The van der Waals surface area contributed by atoms with Crippen molar-refractivity contribution in [2.45, 2.75) is 32.5 Å². The van der Waals surface area contributed by atoms with Crippen LogP contribution >= 0.6 is 11.3 Å². The van der Waals surface area contributed by atoms with Crippen LogP contribution in [0.5, 0.6) is 0 Å². The third-order valence-corrected chi connectivity index (χ3v) is 4.54. The van der Waals surface area contributed by atoms with E-state index in [1.165, 1.54) is 29.7 Å². The van der Waals surface area contributed by atoms with Crippen LogP contribution in [0.25, 0.3) is 0 Å².